The maximum absolute atomic E-state index is 12.7. The summed E-state index contributed by atoms with van der Waals surface area (Å²) in [5, 5.41) is 16.0. The summed E-state index contributed by atoms with van der Waals surface area (Å²) in [6.07, 6.45) is 6.88. The molecule has 3 aromatic rings. The highest BCUT2D eigenvalue weighted by Crippen LogP contribution is 2.35. The van der Waals surface area contributed by atoms with E-state index in [0.29, 0.717) is 29.5 Å². The fourth-order valence-electron chi connectivity index (χ4n) is 3.05. The van der Waals surface area contributed by atoms with E-state index >= 15 is 0 Å². The molecule has 2 aromatic heterocycles. The number of benzene rings is 1. The number of hydrogen-bond acceptors (Lipinski definition) is 4. The number of pyridine rings is 1. The number of nitrogens with zero attached hydrogens (tertiary/aromatic N) is 3. The second-order valence-corrected chi connectivity index (χ2v) is 7.15. The summed E-state index contributed by atoms with van der Waals surface area (Å²) in [5.41, 5.74) is 2.23. The van der Waals surface area contributed by atoms with E-state index in [1.807, 2.05) is 25.3 Å². The molecule has 1 aliphatic rings. The summed E-state index contributed by atoms with van der Waals surface area (Å²) in [6.45, 7) is -0.472. The van der Waals surface area contributed by atoms with Crippen LogP contribution in [-0.4, -0.2) is 23.0 Å². The number of ether oxygens (including phenoxy) is 2. The first kappa shape index (κ1) is 19.2. The van der Waals surface area contributed by atoms with Crippen molar-refractivity contribution in [2.75, 3.05) is 6.61 Å². The Morgan fingerprint density at radius 2 is 2.07 bits per heavy atom. The minimum absolute atomic E-state index is 0.0297. The van der Waals surface area contributed by atoms with E-state index in [4.69, 9.17) is 4.74 Å². The zero-order valence-corrected chi connectivity index (χ0v) is 15.9. The van der Waals surface area contributed by atoms with Gasteiger partial charge in [0.15, 0.2) is 23.9 Å². The van der Waals surface area contributed by atoms with Crippen molar-refractivity contribution in [3.8, 4) is 22.8 Å². The van der Waals surface area contributed by atoms with Crippen molar-refractivity contribution in [2.45, 2.75) is 32.4 Å². The normalized spacial score (nSPS) is 14.8. The number of alkyl halides is 2. The zero-order valence-electron chi connectivity index (χ0n) is 15.9. The van der Waals surface area contributed by atoms with Crippen LogP contribution in [0.4, 0.5) is 8.78 Å². The molecule has 0 N–H and O–H groups in total. The average Bonchev–Trinajstić information content (AvgIpc) is 3.40. The van der Waals surface area contributed by atoms with Crippen LogP contribution in [-0.2, 0) is 0 Å². The first-order valence-corrected chi connectivity index (χ1v) is 9.45. The molecule has 1 saturated carbocycles. The summed E-state index contributed by atoms with van der Waals surface area (Å²) in [4.78, 5) is 0. The summed E-state index contributed by atoms with van der Waals surface area (Å²) < 4.78 is 38.3. The number of halogens is 2. The van der Waals surface area contributed by atoms with E-state index in [-0.39, 0.29) is 11.8 Å². The van der Waals surface area contributed by atoms with E-state index in [1.165, 1.54) is 18.5 Å². The van der Waals surface area contributed by atoms with Gasteiger partial charge in [-0.25, -0.2) is 0 Å². The van der Waals surface area contributed by atoms with Crippen molar-refractivity contribution in [1.29, 1.82) is 0 Å². The van der Waals surface area contributed by atoms with Gasteiger partial charge in [-0.1, -0.05) is 6.07 Å². The van der Waals surface area contributed by atoms with Gasteiger partial charge < -0.3 is 14.7 Å². The Morgan fingerprint density at radius 1 is 1.24 bits per heavy atom. The molecule has 0 spiro atoms. The molecule has 0 amide bonds. The lowest BCUT2D eigenvalue weighted by atomic mass is 10.1. The van der Waals surface area contributed by atoms with Gasteiger partial charge in [0.05, 0.1) is 23.9 Å². The molecular formula is C21H21F2N3O3. The maximum Gasteiger partial charge on any atom is 0.387 e. The van der Waals surface area contributed by atoms with Crippen LogP contribution in [0, 0.1) is 11.1 Å². The summed E-state index contributed by atoms with van der Waals surface area (Å²) >= 11 is 0. The van der Waals surface area contributed by atoms with Gasteiger partial charge in [0.2, 0.25) is 0 Å². The van der Waals surface area contributed by atoms with Crippen LogP contribution in [0.2, 0.25) is 0 Å². The molecule has 1 atom stereocenters. The molecule has 6 nitrogen and oxygen atoms in total. The zero-order chi connectivity index (χ0) is 20.4. The predicted octanol–water partition coefficient (Wildman–Crippen LogP) is 4.18. The molecule has 2 heterocycles. The van der Waals surface area contributed by atoms with Crippen molar-refractivity contribution in [3.63, 3.8) is 0 Å². The predicted molar refractivity (Wildman–Crippen MR) is 102 cm³/mol. The molecule has 0 aliphatic heterocycles. The summed E-state index contributed by atoms with van der Waals surface area (Å²) in [5.74, 6) is 0.824. The van der Waals surface area contributed by atoms with E-state index in [0.717, 1.165) is 23.1 Å². The Bertz CT molecular complexity index is 989. The smallest absolute Gasteiger partial charge is 0.387 e. The lowest BCUT2D eigenvalue weighted by Crippen LogP contribution is -2.24. The first-order valence-electron chi connectivity index (χ1n) is 9.45. The Hall–Kier alpha value is -3.16. The van der Waals surface area contributed by atoms with Crippen LogP contribution < -0.4 is 14.2 Å². The monoisotopic (exact) mass is 401 g/mol. The minimum atomic E-state index is -2.91. The van der Waals surface area contributed by atoms with Gasteiger partial charge in [0.25, 0.3) is 0 Å². The molecule has 152 valence electrons. The van der Waals surface area contributed by atoms with Crippen molar-refractivity contribution in [2.24, 2.45) is 5.92 Å². The number of rotatable bonds is 8. The van der Waals surface area contributed by atoms with Crippen LogP contribution in [0.25, 0.3) is 11.3 Å². The molecule has 1 aromatic carbocycles. The number of hydrogen-bond donors (Lipinski definition) is 0. The second kappa shape index (κ2) is 8.06. The number of aromatic nitrogens is 3. The third kappa shape index (κ3) is 4.64. The van der Waals surface area contributed by atoms with Crippen LogP contribution in [0.1, 0.15) is 31.4 Å². The van der Waals surface area contributed by atoms with E-state index in [2.05, 4.69) is 9.84 Å². The van der Waals surface area contributed by atoms with Crippen molar-refractivity contribution in [3.05, 3.63) is 65.8 Å². The van der Waals surface area contributed by atoms with Crippen LogP contribution >= 0.6 is 0 Å². The minimum Gasteiger partial charge on any atom is -0.619 e. The lowest BCUT2D eigenvalue weighted by Gasteiger charge is -2.17. The summed E-state index contributed by atoms with van der Waals surface area (Å²) in [6, 6.07) is 10.1. The Labute approximate surface area is 166 Å². The van der Waals surface area contributed by atoms with Crippen LogP contribution in [0.3, 0.4) is 0 Å². The Morgan fingerprint density at radius 3 is 2.79 bits per heavy atom. The lowest BCUT2D eigenvalue weighted by molar-refractivity contribution is -0.604. The van der Waals surface area contributed by atoms with Gasteiger partial charge >= 0.3 is 6.61 Å². The topological polar surface area (TPSA) is 63.2 Å². The molecule has 0 saturated heterocycles. The van der Waals surface area contributed by atoms with Gasteiger partial charge in [-0.15, -0.1) is 0 Å². The average molecular weight is 401 g/mol. The SMILES string of the molecule is CC(c1ccc(OC(F)F)c(OCC2CC2)c1)n1ccc(-c2ccc[n+]([O-])c2)n1. The third-order valence-corrected chi connectivity index (χ3v) is 4.91. The summed E-state index contributed by atoms with van der Waals surface area (Å²) in [7, 11) is 0. The van der Waals surface area contributed by atoms with Gasteiger partial charge in [-0.2, -0.15) is 18.6 Å². The first-order chi connectivity index (χ1) is 14.0. The third-order valence-electron chi connectivity index (χ3n) is 4.91. The van der Waals surface area contributed by atoms with E-state index in [1.54, 1.807) is 22.9 Å². The van der Waals surface area contributed by atoms with Gasteiger partial charge in [-0.05, 0) is 55.5 Å². The van der Waals surface area contributed by atoms with Crippen molar-refractivity contribution in [1.82, 2.24) is 9.78 Å². The highest BCUT2D eigenvalue weighted by molar-refractivity contribution is 5.56. The molecule has 8 heteroatoms. The molecule has 1 aliphatic carbocycles. The van der Waals surface area contributed by atoms with Gasteiger partial charge in [-0.3, -0.25) is 4.68 Å². The largest absolute Gasteiger partial charge is 0.619 e. The highest BCUT2D eigenvalue weighted by atomic mass is 19.3. The van der Waals surface area contributed by atoms with E-state index < -0.39 is 6.61 Å². The second-order valence-electron chi connectivity index (χ2n) is 7.15. The molecular weight excluding hydrogens is 380 g/mol. The van der Waals surface area contributed by atoms with Gasteiger partial charge in [0, 0.05) is 12.3 Å². The molecule has 1 unspecified atom stereocenters. The standard InChI is InChI=1S/C21H21F2N3O3/c1-14(26-10-8-18(24-26)17-3-2-9-25(27)12-17)16-6-7-19(29-21(22)23)20(11-16)28-13-15-4-5-15/h2-3,6-12,14-15,21H,4-5,13H2,1H3. The molecule has 0 bridgehead atoms. The molecule has 29 heavy (non-hydrogen) atoms. The Kier molecular flexibility index (Phi) is 5.33. The van der Waals surface area contributed by atoms with Crippen LogP contribution in [0.5, 0.6) is 11.5 Å². The van der Waals surface area contributed by atoms with Crippen molar-refractivity contribution < 1.29 is 23.0 Å². The molecule has 1 fully saturated rings. The highest BCUT2D eigenvalue weighted by Gasteiger charge is 2.23. The fourth-order valence-corrected chi connectivity index (χ4v) is 3.05. The van der Waals surface area contributed by atoms with Gasteiger partial charge in [0.1, 0.15) is 0 Å². The Balaban J connectivity index is 1.57. The quantitative estimate of drug-likeness (QED) is 0.420. The van der Waals surface area contributed by atoms with Crippen LogP contribution in [0.15, 0.2) is 55.0 Å². The van der Waals surface area contributed by atoms with Crippen molar-refractivity contribution >= 4 is 0 Å². The maximum atomic E-state index is 12.7. The van der Waals surface area contributed by atoms with E-state index in [9.17, 15) is 14.0 Å². The molecule has 4 rings (SSSR count). The molecule has 0 radical (unpaired) electrons. The fraction of sp³-hybridized carbons (Fsp3) is 0.333.